The van der Waals surface area contributed by atoms with Crippen LogP contribution in [-0.4, -0.2) is 32.4 Å². The quantitative estimate of drug-likeness (QED) is 0.462. The van der Waals surface area contributed by atoms with Crippen molar-refractivity contribution in [1.29, 1.82) is 0 Å². The molecule has 0 aromatic heterocycles. The van der Waals surface area contributed by atoms with Crippen LogP contribution >= 0.6 is 0 Å². The summed E-state index contributed by atoms with van der Waals surface area (Å²) in [6.45, 7) is 7.86. The lowest BCUT2D eigenvalue weighted by atomic mass is 10.2. The number of carbonyl (C=O) groups excluding carboxylic acids is 5. The van der Waals surface area contributed by atoms with Gasteiger partial charge < -0.3 is 14.4 Å². The number of rotatable bonds is 3. The molecule has 76 valence electrons. The Bertz CT molecular complexity index is 108. The van der Waals surface area contributed by atoms with Gasteiger partial charge in [0.05, 0.1) is 0 Å². The summed E-state index contributed by atoms with van der Waals surface area (Å²) in [5.74, 6) is -0.303. The summed E-state index contributed by atoms with van der Waals surface area (Å²) in [5, 5.41) is 0. The second-order valence-electron chi connectivity index (χ2n) is 1.33. The highest BCUT2D eigenvalue weighted by Gasteiger charge is 1.92. The molecule has 0 aliphatic rings. The first-order valence-corrected chi connectivity index (χ1v) is 3.16. The molecular weight excluding hydrogens is 176 g/mol. The van der Waals surface area contributed by atoms with Gasteiger partial charge in [-0.15, -0.1) is 0 Å². The van der Waals surface area contributed by atoms with Gasteiger partial charge in [-0.2, -0.15) is 0 Å². The molecule has 0 amide bonds. The van der Waals surface area contributed by atoms with Crippen LogP contribution in [-0.2, 0) is 24.0 Å². The number of hydrogen-bond acceptors (Lipinski definition) is 5. The monoisotopic (exact) mass is 190 g/mol. The highest BCUT2D eigenvalue weighted by Crippen LogP contribution is 1.83. The smallest absolute Gasteiger partial charge is 0.195 e. The number of ketones is 1. The lowest BCUT2D eigenvalue weighted by Gasteiger charge is -1.79. The van der Waals surface area contributed by atoms with E-state index in [1.807, 2.05) is 27.3 Å². The van der Waals surface area contributed by atoms with E-state index in [-0.39, 0.29) is 5.78 Å². The van der Waals surface area contributed by atoms with Crippen molar-refractivity contribution in [3.8, 4) is 0 Å². The molecule has 0 rings (SSSR count). The average Bonchev–Trinajstić information content (AvgIpc) is 2.27. The standard InChI is InChI=1S/C5H8O2.3CH2O/c1-2-3-5(7)4-6;3*1-2/h4H,2-3H2,1H3;3*1H2. The number of carbonyl (C=O) groups is 5. The first-order chi connectivity index (χ1) is 6.31. The lowest BCUT2D eigenvalue weighted by Crippen LogP contribution is -1.95. The van der Waals surface area contributed by atoms with Gasteiger partial charge >= 0.3 is 0 Å². The highest BCUT2D eigenvalue weighted by atomic mass is 16.2. The van der Waals surface area contributed by atoms with Crippen LogP contribution in [0.25, 0.3) is 0 Å². The van der Waals surface area contributed by atoms with Crippen LogP contribution in [0, 0.1) is 0 Å². The summed E-state index contributed by atoms with van der Waals surface area (Å²) >= 11 is 0. The van der Waals surface area contributed by atoms with E-state index in [9.17, 15) is 9.59 Å². The van der Waals surface area contributed by atoms with Crippen molar-refractivity contribution < 1.29 is 24.0 Å². The number of hydrogen-bond donors (Lipinski definition) is 0. The van der Waals surface area contributed by atoms with Gasteiger partial charge in [-0.1, -0.05) is 6.92 Å². The third-order valence-corrected chi connectivity index (χ3v) is 0.628. The first-order valence-electron chi connectivity index (χ1n) is 3.16. The van der Waals surface area contributed by atoms with Crippen LogP contribution < -0.4 is 0 Å². The van der Waals surface area contributed by atoms with Crippen molar-refractivity contribution in [3.63, 3.8) is 0 Å². The molecule has 0 aliphatic carbocycles. The largest absolute Gasteiger partial charge is 0.307 e. The summed E-state index contributed by atoms with van der Waals surface area (Å²) in [4.78, 5) is 43.6. The zero-order valence-electron chi connectivity index (χ0n) is 7.65. The SMILES string of the molecule is C=O.C=O.C=O.CCCC(=O)C=O. The van der Waals surface area contributed by atoms with Crippen molar-refractivity contribution in [1.82, 2.24) is 0 Å². The molecule has 0 aliphatic heterocycles. The average molecular weight is 190 g/mol. The molecule has 0 aromatic rings. The molecule has 5 nitrogen and oxygen atoms in total. The van der Waals surface area contributed by atoms with Gasteiger partial charge in [0, 0.05) is 6.42 Å². The molecule has 0 atom stereocenters. The van der Waals surface area contributed by atoms with E-state index < -0.39 is 0 Å². The van der Waals surface area contributed by atoms with E-state index in [2.05, 4.69) is 0 Å². The van der Waals surface area contributed by atoms with E-state index >= 15 is 0 Å². The molecule has 0 saturated heterocycles. The van der Waals surface area contributed by atoms with Gasteiger partial charge in [0.15, 0.2) is 12.1 Å². The van der Waals surface area contributed by atoms with Gasteiger partial charge in [-0.25, -0.2) is 0 Å². The molecule has 0 unspecified atom stereocenters. The minimum Gasteiger partial charge on any atom is -0.307 e. The Labute approximate surface area is 77.1 Å². The number of Topliss-reactive ketones (excluding diaryl/α,β-unsaturated/α-hetero) is 1. The maximum Gasteiger partial charge on any atom is 0.195 e. The van der Waals surface area contributed by atoms with Crippen molar-refractivity contribution in [2.24, 2.45) is 0 Å². The Morgan fingerprint density at radius 3 is 1.46 bits per heavy atom. The molecule has 0 saturated carbocycles. The van der Waals surface area contributed by atoms with Gasteiger partial charge in [-0.05, 0) is 6.42 Å². The van der Waals surface area contributed by atoms with E-state index in [1.165, 1.54) is 0 Å². The van der Waals surface area contributed by atoms with Crippen LogP contribution in [0.2, 0.25) is 0 Å². The van der Waals surface area contributed by atoms with E-state index in [0.29, 0.717) is 12.7 Å². The third kappa shape index (κ3) is 64.3. The Hall–Kier alpha value is -1.65. The van der Waals surface area contributed by atoms with Gasteiger partial charge in [0.2, 0.25) is 0 Å². The molecular formula is C8H14O5. The Balaban J connectivity index is -0.0000000573. The third-order valence-electron chi connectivity index (χ3n) is 0.628. The summed E-state index contributed by atoms with van der Waals surface area (Å²) in [7, 11) is 0. The second-order valence-corrected chi connectivity index (χ2v) is 1.33. The maximum absolute atomic E-state index is 10.0. The Morgan fingerprint density at radius 2 is 1.38 bits per heavy atom. The Kier molecular flexibility index (Phi) is 82.8. The summed E-state index contributed by atoms with van der Waals surface area (Å²) in [6.07, 6.45) is 1.52. The molecule has 0 spiro atoms. The maximum atomic E-state index is 10.0. The van der Waals surface area contributed by atoms with Crippen molar-refractivity contribution >= 4 is 32.4 Å². The molecule has 0 radical (unpaired) electrons. The van der Waals surface area contributed by atoms with Gasteiger partial charge in [0.25, 0.3) is 0 Å². The Morgan fingerprint density at radius 1 is 1.08 bits per heavy atom. The lowest BCUT2D eigenvalue weighted by molar-refractivity contribution is -0.129. The molecule has 13 heavy (non-hydrogen) atoms. The van der Waals surface area contributed by atoms with Crippen molar-refractivity contribution in [2.45, 2.75) is 19.8 Å². The molecule has 0 heterocycles. The molecule has 0 N–H and O–H groups in total. The normalized spacial score (nSPS) is 5.31. The van der Waals surface area contributed by atoms with Crippen LogP contribution in [0.1, 0.15) is 19.8 Å². The van der Waals surface area contributed by atoms with Crippen molar-refractivity contribution in [3.05, 3.63) is 0 Å². The van der Waals surface area contributed by atoms with Crippen LogP contribution in [0.3, 0.4) is 0 Å². The summed E-state index contributed by atoms with van der Waals surface area (Å²) in [6, 6.07) is 0. The van der Waals surface area contributed by atoms with Crippen LogP contribution in [0.15, 0.2) is 0 Å². The fourth-order valence-corrected chi connectivity index (χ4v) is 0.305. The molecule has 0 aromatic carbocycles. The molecule has 0 bridgehead atoms. The van der Waals surface area contributed by atoms with Gasteiger partial charge in [0.1, 0.15) is 20.4 Å². The summed E-state index contributed by atoms with van der Waals surface area (Å²) in [5.41, 5.74) is 0. The number of aldehydes is 1. The predicted molar refractivity (Wildman–Crippen MR) is 47.3 cm³/mol. The summed E-state index contributed by atoms with van der Waals surface area (Å²) < 4.78 is 0. The van der Waals surface area contributed by atoms with Crippen LogP contribution in [0.5, 0.6) is 0 Å². The predicted octanol–water partition coefficient (Wildman–Crippen LogP) is -0.000200. The highest BCUT2D eigenvalue weighted by molar-refractivity contribution is 6.24. The van der Waals surface area contributed by atoms with E-state index in [0.717, 1.165) is 6.42 Å². The topological polar surface area (TPSA) is 85.3 Å². The molecule has 0 fully saturated rings. The zero-order chi connectivity index (χ0) is 11.7. The second kappa shape index (κ2) is 47.8. The van der Waals surface area contributed by atoms with Gasteiger partial charge in [-0.3, -0.25) is 9.59 Å². The minimum atomic E-state index is -0.303. The van der Waals surface area contributed by atoms with E-state index in [4.69, 9.17) is 14.4 Å². The minimum absolute atomic E-state index is 0.303. The fourth-order valence-electron chi connectivity index (χ4n) is 0.305. The first kappa shape index (κ1) is 22.5. The molecule has 5 heteroatoms. The van der Waals surface area contributed by atoms with Crippen molar-refractivity contribution in [2.75, 3.05) is 0 Å². The van der Waals surface area contributed by atoms with Crippen LogP contribution in [0.4, 0.5) is 0 Å². The fraction of sp³-hybridized carbons (Fsp3) is 0.375. The van der Waals surface area contributed by atoms with E-state index in [1.54, 1.807) is 0 Å². The zero-order valence-corrected chi connectivity index (χ0v) is 7.65.